The molecule has 2 fully saturated rings. The summed E-state index contributed by atoms with van der Waals surface area (Å²) in [4.78, 5) is 56.5. The number of amides is 4. The number of carbonyl (C=O) groups is 3. The van der Waals surface area contributed by atoms with Crippen LogP contribution in [0.1, 0.15) is 25.0 Å². The lowest BCUT2D eigenvalue weighted by Gasteiger charge is -2.55. The van der Waals surface area contributed by atoms with E-state index in [2.05, 4.69) is 16.3 Å². The highest BCUT2D eigenvalue weighted by atomic mass is 16.6. The normalized spacial score (nSPS) is 24.0. The highest BCUT2D eigenvalue weighted by molar-refractivity contribution is 6.20. The van der Waals surface area contributed by atoms with Crippen LogP contribution in [0, 0.1) is 15.5 Å². The first-order valence-corrected chi connectivity index (χ1v) is 12.4. The maximum absolute atomic E-state index is 14.0. The van der Waals surface area contributed by atoms with Crippen molar-refractivity contribution in [2.75, 3.05) is 31.1 Å². The van der Waals surface area contributed by atoms with Gasteiger partial charge in [0.1, 0.15) is 0 Å². The summed E-state index contributed by atoms with van der Waals surface area (Å²) in [6.45, 7) is 5.72. The summed E-state index contributed by atoms with van der Waals surface area (Å²) in [6.07, 6.45) is 4.08. The third-order valence-electron chi connectivity index (χ3n) is 7.52. The molecular weight excluding hydrogens is 474 g/mol. The molecule has 0 bridgehead atoms. The number of barbiturate groups is 1. The fraction of sp³-hybridized carbons (Fsp3) is 0.370. The van der Waals surface area contributed by atoms with Crippen molar-refractivity contribution in [3.05, 3.63) is 75.8 Å². The number of fused-ring (bicyclic) bond motifs is 4. The zero-order valence-corrected chi connectivity index (χ0v) is 20.8. The van der Waals surface area contributed by atoms with Crippen LogP contribution in [-0.2, 0) is 16.0 Å². The Morgan fingerprint density at radius 1 is 1.14 bits per heavy atom. The average Bonchev–Trinajstić information content (AvgIpc) is 2.87. The first-order valence-electron chi connectivity index (χ1n) is 12.4. The molecule has 2 aromatic carbocycles. The monoisotopic (exact) mass is 503 g/mol. The van der Waals surface area contributed by atoms with Gasteiger partial charge in [-0.15, -0.1) is 0 Å². The number of nitro benzene ring substituents is 1. The highest BCUT2D eigenvalue weighted by Crippen LogP contribution is 2.46. The molecule has 10 nitrogen and oxygen atoms in total. The first kappa shape index (κ1) is 24.6. The number of hydrogen-bond donors (Lipinski definition) is 1. The summed E-state index contributed by atoms with van der Waals surface area (Å²) in [5.41, 5.74) is 0.748. The van der Waals surface area contributed by atoms with Crippen molar-refractivity contribution < 1.29 is 19.3 Å². The number of benzene rings is 2. The predicted molar refractivity (Wildman–Crippen MR) is 138 cm³/mol. The number of nitrogens with one attached hydrogen (secondary N) is 1. The zero-order chi connectivity index (χ0) is 26.3. The molecule has 4 amide bonds. The van der Waals surface area contributed by atoms with Gasteiger partial charge in [-0.25, -0.2) is 4.79 Å². The third-order valence-corrected chi connectivity index (χ3v) is 7.52. The van der Waals surface area contributed by atoms with E-state index in [4.69, 9.17) is 0 Å². The number of nitro groups is 1. The maximum atomic E-state index is 14.0. The minimum absolute atomic E-state index is 0.0138. The van der Waals surface area contributed by atoms with Gasteiger partial charge in [0, 0.05) is 56.5 Å². The molecule has 37 heavy (non-hydrogen) atoms. The Balaban J connectivity index is 1.53. The predicted octanol–water partition coefficient (Wildman–Crippen LogP) is 2.83. The van der Waals surface area contributed by atoms with Crippen LogP contribution < -0.4 is 10.2 Å². The summed E-state index contributed by atoms with van der Waals surface area (Å²) in [5.74, 6) is -1.20. The van der Waals surface area contributed by atoms with Crippen LogP contribution in [0.25, 0.3) is 6.08 Å². The van der Waals surface area contributed by atoms with E-state index in [9.17, 15) is 24.5 Å². The SMILES string of the molecule is CC(C)N1C(=O)NC(=O)[C@]2(Cc3cc([N+](=O)[O-])ccc3N3CCN(C/C=C/c4ccccc4)C[C@@H]32)C1=O. The molecule has 3 aliphatic heterocycles. The fourth-order valence-corrected chi connectivity index (χ4v) is 5.73. The Bertz CT molecular complexity index is 1290. The molecule has 1 spiro atoms. The first-order chi connectivity index (χ1) is 17.7. The van der Waals surface area contributed by atoms with Gasteiger partial charge in [-0.2, -0.15) is 0 Å². The number of rotatable bonds is 5. The van der Waals surface area contributed by atoms with E-state index in [0.29, 0.717) is 31.7 Å². The molecule has 0 aliphatic carbocycles. The van der Waals surface area contributed by atoms with Gasteiger partial charge >= 0.3 is 6.03 Å². The number of nitrogens with zero attached hydrogens (tertiary/aromatic N) is 4. The molecule has 5 rings (SSSR count). The topological polar surface area (TPSA) is 116 Å². The van der Waals surface area contributed by atoms with Gasteiger partial charge in [0.05, 0.1) is 11.0 Å². The lowest BCUT2D eigenvalue weighted by atomic mass is 9.67. The minimum atomic E-state index is -1.58. The standard InChI is InChI=1S/C27H29N5O5/c1-18(2)31-25(34)27(24(33)28-26(31)35)16-20-15-21(32(36)37)10-11-22(20)30-14-13-29(17-23(27)30)12-6-9-19-7-4-3-5-8-19/h3-11,15,18,23H,12-14,16-17H2,1-2H3,(H,28,33,35)/b9-6+/t23-,27-/m1/s1. The number of carbonyl (C=O) groups excluding carboxylic acids is 3. The lowest BCUT2D eigenvalue weighted by Crippen LogP contribution is -2.75. The number of anilines is 1. The van der Waals surface area contributed by atoms with E-state index in [1.54, 1.807) is 19.9 Å². The summed E-state index contributed by atoms with van der Waals surface area (Å²) >= 11 is 0. The van der Waals surface area contributed by atoms with Crippen LogP contribution in [0.5, 0.6) is 0 Å². The number of urea groups is 1. The maximum Gasteiger partial charge on any atom is 0.331 e. The second-order valence-corrected chi connectivity index (χ2v) is 10.0. The molecule has 2 saturated heterocycles. The quantitative estimate of drug-likeness (QED) is 0.379. The fourth-order valence-electron chi connectivity index (χ4n) is 5.73. The molecule has 2 aromatic rings. The van der Waals surface area contributed by atoms with Crippen molar-refractivity contribution >= 4 is 35.3 Å². The molecule has 0 saturated carbocycles. The van der Waals surface area contributed by atoms with Gasteiger partial charge in [0.15, 0.2) is 5.41 Å². The number of hydrogen-bond acceptors (Lipinski definition) is 7. The lowest BCUT2D eigenvalue weighted by molar-refractivity contribution is -0.384. The van der Waals surface area contributed by atoms with Crippen molar-refractivity contribution in [3.8, 4) is 0 Å². The van der Waals surface area contributed by atoms with Crippen LogP contribution in [0.4, 0.5) is 16.2 Å². The summed E-state index contributed by atoms with van der Waals surface area (Å²) in [5, 5.41) is 13.9. The summed E-state index contributed by atoms with van der Waals surface area (Å²) in [7, 11) is 0. The van der Waals surface area contributed by atoms with E-state index >= 15 is 0 Å². The van der Waals surface area contributed by atoms with Gasteiger partial charge in [-0.1, -0.05) is 42.5 Å². The molecule has 1 N–H and O–H groups in total. The second kappa shape index (κ2) is 9.44. The van der Waals surface area contributed by atoms with Crippen LogP contribution in [0.15, 0.2) is 54.6 Å². The van der Waals surface area contributed by atoms with Crippen molar-refractivity contribution in [1.82, 2.24) is 15.1 Å². The van der Waals surface area contributed by atoms with E-state index in [1.807, 2.05) is 41.3 Å². The van der Waals surface area contributed by atoms with Crippen LogP contribution in [0.3, 0.4) is 0 Å². The van der Waals surface area contributed by atoms with Crippen LogP contribution >= 0.6 is 0 Å². The summed E-state index contributed by atoms with van der Waals surface area (Å²) < 4.78 is 0. The Morgan fingerprint density at radius 2 is 1.89 bits per heavy atom. The van der Waals surface area contributed by atoms with Crippen LogP contribution in [-0.4, -0.2) is 70.8 Å². The molecule has 192 valence electrons. The van der Waals surface area contributed by atoms with Crippen molar-refractivity contribution in [2.45, 2.75) is 32.4 Å². The molecule has 3 aliphatic rings. The van der Waals surface area contributed by atoms with Gasteiger partial charge in [0.25, 0.3) is 5.69 Å². The smallest absolute Gasteiger partial charge is 0.331 e. The van der Waals surface area contributed by atoms with Gasteiger partial charge in [0.2, 0.25) is 11.8 Å². The summed E-state index contributed by atoms with van der Waals surface area (Å²) in [6, 6.07) is 12.8. The Labute approximate surface area is 214 Å². The van der Waals surface area contributed by atoms with Gasteiger partial charge in [-0.05, 0) is 31.0 Å². The van der Waals surface area contributed by atoms with E-state index < -0.39 is 40.3 Å². The second-order valence-electron chi connectivity index (χ2n) is 10.0. The van der Waals surface area contributed by atoms with Crippen LogP contribution in [0.2, 0.25) is 0 Å². The van der Waals surface area contributed by atoms with Crippen molar-refractivity contribution in [1.29, 1.82) is 0 Å². The average molecular weight is 504 g/mol. The molecule has 3 heterocycles. The van der Waals surface area contributed by atoms with Gasteiger partial charge < -0.3 is 4.90 Å². The Kier molecular flexibility index (Phi) is 6.28. The van der Waals surface area contributed by atoms with E-state index in [-0.39, 0.29) is 12.1 Å². The molecule has 2 atom stereocenters. The number of non-ortho nitro benzene ring substituents is 1. The largest absolute Gasteiger partial charge is 0.364 e. The molecule has 0 aromatic heterocycles. The van der Waals surface area contributed by atoms with E-state index in [0.717, 1.165) is 16.2 Å². The molecule has 0 radical (unpaired) electrons. The van der Waals surface area contributed by atoms with Crippen molar-refractivity contribution in [2.24, 2.45) is 5.41 Å². The Morgan fingerprint density at radius 3 is 2.59 bits per heavy atom. The van der Waals surface area contributed by atoms with E-state index in [1.165, 1.54) is 12.1 Å². The molecule has 10 heteroatoms. The Hall–Kier alpha value is -4.05. The molecule has 0 unspecified atom stereocenters. The number of imide groups is 2. The zero-order valence-electron chi connectivity index (χ0n) is 20.8. The third kappa shape index (κ3) is 4.17. The van der Waals surface area contributed by atoms with Gasteiger partial charge in [-0.3, -0.25) is 34.8 Å². The minimum Gasteiger partial charge on any atom is -0.364 e. The number of piperazine rings is 1. The highest BCUT2D eigenvalue weighted by Gasteiger charge is 2.63. The van der Waals surface area contributed by atoms with Crippen molar-refractivity contribution in [3.63, 3.8) is 0 Å². The molecular formula is C27H29N5O5.